The number of thiazole rings is 1. The number of rotatable bonds is 6. The molecule has 0 unspecified atom stereocenters. The van der Waals surface area contributed by atoms with E-state index in [1.165, 1.54) is 4.88 Å². The second-order valence-corrected chi connectivity index (χ2v) is 10.3. The van der Waals surface area contributed by atoms with Gasteiger partial charge in [-0.25, -0.2) is 4.79 Å². The summed E-state index contributed by atoms with van der Waals surface area (Å²) in [5.74, 6) is -2.76. The summed E-state index contributed by atoms with van der Waals surface area (Å²) in [7, 11) is 0. The lowest BCUT2D eigenvalue weighted by atomic mass is 9.90. The highest BCUT2D eigenvalue weighted by Gasteiger charge is 2.71. The molecule has 0 atom stereocenters. The maximum atomic E-state index is 13.1. The Morgan fingerprint density at radius 2 is 1.19 bits per heavy atom. The normalized spacial score (nSPS) is 15.7. The maximum Gasteiger partial charge on any atom is 0.490 e. The number of aliphatic hydroxyl groups is 1. The third-order valence-corrected chi connectivity index (χ3v) is 7.15. The van der Waals surface area contributed by atoms with Crippen LogP contribution in [0.2, 0.25) is 0 Å². The molecule has 1 aliphatic heterocycles. The summed E-state index contributed by atoms with van der Waals surface area (Å²) < 4.78 is 110. The molecule has 2 N–H and O–H groups in total. The summed E-state index contributed by atoms with van der Waals surface area (Å²) in [5.41, 5.74) is -2.21. The van der Waals surface area contributed by atoms with Gasteiger partial charge in [-0.2, -0.15) is 39.5 Å². The zero-order valence-electron chi connectivity index (χ0n) is 21.5. The van der Waals surface area contributed by atoms with Crippen LogP contribution in [0, 0.1) is 0 Å². The van der Waals surface area contributed by atoms with E-state index in [0.717, 1.165) is 57.0 Å². The molecule has 16 heteroatoms. The molecule has 0 amide bonds. The first-order valence-corrected chi connectivity index (χ1v) is 13.0. The predicted octanol–water partition coefficient (Wildman–Crippen LogP) is 6.07. The van der Waals surface area contributed by atoms with Gasteiger partial charge in [0.15, 0.2) is 0 Å². The van der Waals surface area contributed by atoms with Gasteiger partial charge in [-0.1, -0.05) is 48.5 Å². The van der Waals surface area contributed by atoms with Crippen LogP contribution in [0.15, 0.2) is 60.2 Å². The third kappa shape index (κ3) is 8.20. The van der Waals surface area contributed by atoms with Gasteiger partial charge in [0.2, 0.25) is 0 Å². The number of carbonyl (C=O) groups is 1. The van der Waals surface area contributed by atoms with E-state index in [4.69, 9.17) is 9.90 Å². The second kappa shape index (κ2) is 13.0. The molecular weight excluding hydrogens is 605 g/mol. The van der Waals surface area contributed by atoms with Crippen LogP contribution in [0.3, 0.4) is 0 Å². The van der Waals surface area contributed by atoms with E-state index < -0.39 is 35.7 Å². The summed E-state index contributed by atoms with van der Waals surface area (Å²) in [4.78, 5) is 19.0. The lowest BCUT2D eigenvalue weighted by Crippen LogP contribution is -2.53. The zero-order chi connectivity index (χ0) is 31.3. The largest absolute Gasteiger partial charge is 0.490 e. The van der Waals surface area contributed by atoms with Crippen molar-refractivity contribution in [3.8, 4) is 11.1 Å². The molecule has 2 heterocycles. The Hall–Kier alpha value is -3.21. The molecule has 2 aromatic carbocycles. The average molecular weight is 630 g/mol. The van der Waals surface area contributed by atoms with Crippen LogP contribution in [-0.4, -0.2) is 75.7 Å². The molecule has 1 fully saturated rings. The van der Waals surface area contributed by atoms with Crippen LogP contribution in [0.4, 0.5) is 39.5 Å². The van der Waals surface area contributed by atoms with Crippen molar-refractivity contribution in [3.05, 3.63) is 76.2 Å². The maximum absolute atomic E-state index is 13.1. The Morgan fingerprint density at radius 1 is 0.762 bits per heavy atom. The highest BCUT2D eigenvalue weighted by Crippen LogP contribution is 2.50. The van der Waals surface area contributed by atoms with Gasteiger partial charge in [-0.3, -0.25) is 14.8 Å². The van der Waals surface area contributed by atoms with Crippen molar-refractivity contribution in [2.75, 3.05) is 26.2 Å². The van der Waals surface area contributed by atoms with Gasteiger partial charge in [0, 0.05) is 55.9 Å². The average Bonchev–Trinajstić information content (AvgIpc) is 3.41. The molecule has 1 aromatic heterocycles. The van der Waals surface area contributed by atoms with Crippen molar-refractivity contribution in [3.63, 3.8) is 0 Å². The summed E-state index contributed by atoms with van der Waals surface area (Å²) >= 11 is 1.64. The number of hydrogen-bond acceptors (Lipinski definition) is 6. The molecule has 0 saturated carbocycles. The van der Waals surface area contributed by atoms with E-state index in [1.54, 1.807) is 23.5 Å². The van der Waals surface area contributed by atoms with Gasteiger partial charge in [0.1, 0.15) is 0 Å². The molecule has 4 rings (SSSR count). The van der Waals surface area contributed by atoms with E-state index in [-0.39, 0.29) is 0 Å². The SMILES string of the molecule is O=C(O)C(F)(F)F.OC(c1ccc(-c2ccc(CN3CCN(Cc4cncs4)CC3)cc2)cc1)(C(F)(F)F)C(F)(F)F. The van der Waals surface area contributed by atoms with Crippen molar-refractivity contribution in [1.82, 2.24) is 14.8 Å². The summed E-state index contributed by atoms with van der Waals surface area (Å²) in [6, 6.07) is 11.0. The van der Waals surface area contributed by atoms with Crippen molar-refractivity contribution in [1.29, 1.82) is 0 Å². The van der Waals surface area contributed by atoms with E-state index in [0.29, 0.717) is 23.3 Å². The fourth-order valence-corrected chi connectivity index (χ4v) is 4.73. The summed E-state index contributed by atoms with van der Waals surface area (Å²) in [5, 5.41) is 16.7. The van der Waals surface area contributed by atoms with Gasteiger partial charge in [0.25, 0.3) is 5.60 Å². The topological polar surface area (TPSA) is 76.9 Å². The highest BCUT2D eigenvalue weighted by atomic mass is 32.1. The fraction of sp³-hybridized carbons (Fsp3) is 0.385. The van der Waals surface area contributed by atoms with Crippen molar-refractivity contribution < 1.29 is 54.5 Å². The van der Waals surface area contributed by atoms with Crippen LogP contribution >= 0.6 is 11.3 Å². The minimum absolute atomic E-state index is 0.448. The lowest BCUT2D eigenvalue weighted by molar-refractivity contribution is -0.376. The molecule has 42 heavy (non-hydrogen) atoms. The molecule has 0 aliphatic carbocycles. The second-order valence-electron chi connectivity index (χ2n) is 9.30. The first-order chi connectivity index (χ1) is 19.4. The minimum Gasteiger partial charge on any atom is -0.475 e. The van der Waals surface area contributed by atoms with Crippen LogP contribution in [-0.2, 0) is 23.5 Å². The number of halogens is 9. The smallest absolute Gasteiger partial charge is 0.475 e. The Labute approximate surface area is 237 Å². The van der Waals surface area contributed by atoms with Crippen LogP contribution in [0.5, 0.6) is 0 Å². The molecule has 6 nitrogen and oxygen atoms in total. The van der Waals surface area contributed by atoms with Crippen molar-refractivity contribution in [2.45, 2.75) is 37.2 Å². The van der Waals surface area contributed by atoms with Gasteiger partial charge >= 0.3 is 24.5 Å². The molecule has 3 aromatic rings. The Balaban J connectivity index is 0.000000616. The van der Waals surface area contributed by atoms with Crippen LogP contribution in [0.25, 0.3) is 11.1 Å². The number of benzene rings is 2. The number of piperazine rings is 1. The number of carboxylic acid groups (broad SMARTS) is 1. The fourth-order valence-electron chi connectivity index (χ4n) is 4.10. The molecule has 0 bridgehead atoms. The summed E-state index contributed by atoms with van der Waals surface area (Å²) in [6.45, 7) is 5.38. The van der Waals surface area contributed by atoms with E-state index >= 15 is 0 Å². The van der Waals surface area contributed by atoms with Gasteiger partial charge in [-0.15, -0.1) is 11.3 Å². The molecule has 1 saturated heterocycles. The predicted molar refractivity (Wildman–Crippen MR) is 134 cm³/mol. The first-order valence-electron chi connectivity index (χ1n) is 12.1. The van der Waals surface area contributed by atoms with Gasteiger partial charge in [0.05, 0.1) is 5.51 Å². The Bertz CT molecular complexity index is 1270. The van der Waals surface area contributed by atoms with E-state index in [2.05, 4.69) is 14.8 Å². The third-order valence-electron chi connectivity index (χ3n) is 6.39. The molecular formula is C26H24F9N3O3S. The standard InChI is InChI=1S/C24H23F6N3OS.C2HF3O2/c25-23(26,27)22(34,24(28,29)30)20-7-5-19(6-8-20)18-3-1-17(2-4-18)14-32-9-11-33(12-10-32)15-21-13-31-16-35-21;3-2(4,5)1(6)7/h1-8,13,16,34H,9-12,14-15H2;(H,6,7). The first kappa shape index (κ1) is 33.3. The number of aliphatic carboxylic acids is 1. The van der Waals surface area contributed by atoms with Crippen LogP contribution < -0.4 is 0 Å². The number of aromatic nitrogens is 1. The Morgan fingerprint density at radius 3 is 1.57 bits per heavy atom. The molecule has 0 spiro atoms. The van der Waals surface area contributed by atoms with Crippen LogP contribution in [0.1, 0.15) is 16.0 Å². The minimum atomic E-state index is -5.90. The van der Waals surface area contributed by atoms with Gasteiger partial charge < -0.3 is 10.2 Å². The number of hydrogen-bond donors (Lipinski definition) is 2. The number of carboxylic acids is 1. The van der Waals surface area contributed by atoms with Gasteiger partial charge in [-0.05, 0) is 16.7 Å². The zero-order valence-corrected chi connectivity index (χ0v) is 22.3. The van der Waals surface area contributed by atoms with Crippen molar-refractivity contribution >= 4 is 17.3 Å². The molecule has 1 aliphatic rings. The number of nitrogens with zero attached hydrogens (tertiary/aromatic N) is 3. The van der Waals surface area contributed by atoms with E-state index in [1.807, 2.05) is 23.8 Å². The molecule has 0 radical (unpaired) electrons. The van der Waals surface area contributed by atoms with E-state index in [9.17, 15) is 44.6 Å². The van der Waals surface area contributed by atoms with Crippen molar-refractivity contribution in [2.24, 2.45) is 0 Å². The monoisotopic (exact) mass is 629 g/mol. The number of alkyl halides is 9. The quantitative estimate of drug-likeness (QED) is 0.323. The molecule has 230 valence electrons. The Kier molecular flexibility index (Phi) is 10.3. The summed E-state index contributed by atoms with van der Waals surface area (Å²) in [6.07, 6.45) is -15.0. The highest BCUT2D eigenvalue weighted by molar-refractivity contribution is 7.09. The lowest BCUT2D eigenvalue weighted by Gasteiger charge is -2.34.